The molecule has 1 amide bonds. The van der Waals surface area contributed by atoms with Crippen molar-refractivity contribution in [1.29, 1.82) is 5.41 Å². The fourth-order valence-electron chi connectivity index (χ4n) is 5.20. The van der Waals surface area contributed by atoms with Crippen LogP contribution in [0.2, 0.25) is 0 Å². The zero-order valence-corrected chi connectivity index (χ0v) is 22.3. The van der Waals surface area contributed by atoms with Gasteiger partial charge >= 0.3 is 24.6 Å². The van der Waals surface area contributed by atoms with Crippen molar-refractivity contribution in [3.63, 3.8) is 0 Å². The first-order chi connectivity index (χ1) is 19.3. The molecule has 6 nitrogen and oxygen atoms in total. The Morgan fingerprint density at radius 1 is 0.952 bits per heavy atom. The second-order valence-corrected chi connectivity index (χ2v) is 10.7. The van der Waals surface area contributed by atoms with E-state index in [1.807, 2.05) is 0 Å². The molecule has 0 bridgehead atoms. The van der Waals surface area contributed by atoms with Gasteiger partial charge in [-0.2, -0.15) is 39.5 Å². The summed E-state index contributed by atoms with van der Waals surface area (Å²) in [5.74, 6) is -0.885. The van der Waals surface area contributed by atoms with E-state index in [2.05, 4.69) is 0 Å². The van der Waals surface area contributed by atoms with Crippen molar-refractivity contribution in [2.75, 3.05) is 4.90 Å². The van der Waals surface area contributed by atoms with Crippen LogP contribution in [0.25, 0.3) is 0 Å². The smallest absolute Gasteiger partial charge is 0.416 e. The van der Waals surface area contributed by atoms with Crippen LogP contribution in [-0.2, 0) is 29.8 Å². The highest BCUT2D eigenvalue weighted by atomic mass is 19.4. The molecule has 15 heteroatoms. The maximum absolute atomic E-state index is 13.7. The summed E-state index contributed by atoms with van der Waals surface area (Å²) in [6.07, 6.45) is -15.2. The van der Waals surface area contributed by atoms with Crippen LogP contribution in [0.5, 0.6) is 0 Å². The Labute approximate surface area is 234 Å². The minimum Gasteiger partial charge on any atom is -0.446 e. The van der Waals surface area contributed by atoms with E-state index in [4.69, 9.17) is 15.9 Å². The van der Waals surface area contributed by atoms with E-state index in [9.17, 15) is 44.3 Å². The number of amides is 1. The molecular weight excluding hydrogens is 583 g/mol. The second-order valence-electron chi connectivity index (χ2n) is 10.7. The molecule has 1 heterocycles. The maximum Gasteiger partial charge on any atom is 0.416 e. The summed E-state index contributed by atoms with van der Waals surface area (Å²) in [7, 11) is 0. The fraction of sp³-hybridized carbons (Fsp3) is 0.481. The van der Waals surface area contributed by atoms with Crippen LogP contribution >= 0.6 is 0 Å². The lowest BCUT2D eigenvalue weighted by atomic mass is 9.86. The fourth-order valence-corrected chi connectivity index (χ4v) is 5.20. The number of nitrogens with zero attached hydrogens (tertiary/aromatic N) is 2. The second kappa shape index (κ2) is 10.9. The SMILES string of the molecule is CC(C)OC(=O)N1c2ccc(C(F)(F)F)cc2C(N(Cc2cc(C(F)(F)F)cc(C(F)(F)F)c2)C(=N)N)CC1C1CC1. The van der Waals surface area contributed by atoms with Gasteiger partial charge in [-0.3, -0.25) is 10.3 Å². The van der Waals surface area contributed by atoms with Gasteiger partial charge in [0, 0.05) is 12.6 Å². The Hall–Kier alpha value is -3.65. The molecule has 42 heavy (non-hydrogen) atoms. The van der Waals surface area contributed by atoms with Gasteiger partial charge in [0.15, 0.2) is 5.96 Å². The molecule has 1 saturated carbocycles. The summed E-state index contributed by atoms with van der Waals surface area (Å²) in [5.41, 5.74) is 0.894. The zero-order chi connectivity index (χ0) is 31.4. The van der Waals surface area contributed by atoms with Crippen LogP contribution in [0.3, 0.4) is 0 Å². The van der Waals surface area contributed by atoms with Crippen molar-refractivity contribution in [2.24, 2.45) is 11.7 Å². The van der Waals surface area contributed by atoms with Crippen LogP contribution in [-0.4, -0.2) is 29.1 Å². The molecule has 2 atom stereocenters. The zero-order valence-electron chi connectivity index (χ0n) is 22.3. The number of nitrogens with two attached hydrogens (primary N) is 1. The number of guanidine groups is 1. The highest BCUT2D eigenvalue weighted by Gasteiger charge is 2.47. The summed E-state index contributed by atoms with van der Waals surface area (Å²) < 4.78 is 128. The largest absolute Gasteiger partial charge is 0.446 e. The van der Waals surface area contributed by atoms with Crippen molar-refractivity contribution in [2.45, 2.75) is 76.4 Å². The molecule has 2 aromatic rings. The molecule has 2 aromatic carbocycles. The van der Waals surface area contributed by atoms with Gasteiger partial charge in [0.05, 0.1) is 34.5 Å². The van der Waals surface area contributed by atoms with Crippen LogP contribution in [0.15, 0.2) is 36.4 Å². The predicted molar refractivity (Wildman–Crippen MR) is 133 cm³/mol. The average molecular weight is 611 g/mol. The number of fused-ring (bicyclic) bond motifs is 1. The molecule has 0 aromatic heterocycles. The van der Waals surface area contributed by atoms with E-state index < -0.39 is 77.6 Å². The van der Waals surface area contributed by atoms with E-state index in [0.717, 1.165) is 23.1 Å². The predicted octanol–water partition coefficient (Wildman–Crippen LogP) is 7.71. The number of alkyl halides is 9. The lowest BCUT2D eigenvalue weighted by molar-refractivity contribution is -0.143. The summed E-state index contributed by atoms with van der Waals surface area (Å²) in [5, 5.41) is 8.16. The first-order valence-electron chi connectivity index (χ1n) is 12.9. The normalized spacial score (nSPS) is 19.5. The molecule has 2 unspecified atom stereocenters. The number of halogens is 9. The minimum absolute atomic E-state index is 0.0214. The third kappa shape index (κ3) is 6.70. The lowest BCUT2D eigenvalue weighted by Crippen LogP contribution is -2.51. The van der Waals surface area contributed by atoms with Crippen molar-refractivity contribution < 1.29 is 49.0 Å². The first-order valence-corrected chi connectivity index (χ1v) is 12.9. The summed E-state index contributed by atoms with van der Waals surface area (Å²) >= 11 is 0. The molecular formula is C27H27F9N4O2. The van der Waals surface area contributed by atoms with Crippen LogP contribution in [0.1, 0.15) is 67.0 Å². The number of rotatable bonds is 5. The van der Waals surface area contributed by atoms with E-state index >= 15 is 0 Å². The Morgan fingerprint density at radius 3 is 1.95 bits per heavy atom. The van der Waals surface area contributed by atoms with E-state index in [0.29, 0.717) is 25.0 Å². The standard InChI is InChI=1S/C27H27F9N4O2/c1-13(2)42-24(41)40-20-6-5-16(25(28,29)30)10-19(20)22(11-21(40)15-3-4-15)39(23(37)38)12-14-7-17(26(31,32)33)9-18(8-14)27(34,35)36/h5-10,13,15,21-22H,3-4,11-12H2,1-2H3,(H3,37,38). The number of hydrogen-bond acceptors (Lipinski definition) is 3. The maximum atomic E-state index is 13.7. The van der Waals surface area contributed by atoms with E-state index in [1.54, 1.807) is 13.8 Å². The van der Waals surface area contributed by atoms with Gasteiger partial charge < -0.3 is 15.4 Å². The molecule has 230 valence electrons. The number of ether oxygens (including phenoxy) is 1. The molecule has 1 fully saturated rings. The Balaban J connectivity index is 1.86. The average Bonchev–Trinajstić information content (AvgIpc) is 3.69. The molecule has 1 aliphatic heterocycles. The van der Waals surface area contributed by atoms with Crippen LogP contribution in [0.4, 0.5) is 50.0 Å². The summed E-state index contributed by atoms with van der Waals surface area (Å²) in [6.45, 7) is 2.43. The van der Waals surface area contributed by atoms with Gasteiger partial charge in [-0.25, -0.2) is 4.79 Å². The van der Waals surface area contributed by atoms with Crippen LogP contribution < -0.4 is 10.6 Å². The highest BCUT2D eigenvalue weighted by molar-refractivity contribution is 5.91. The minimum atomic E-state index is -5.13. The number of hydrogen-bond donors (Lipinski definition) is 2. The Morgan fingerprint density at radius 2 is 1.50 bits per heavy atom. The lowest BCUT2D eigenvalue weighted by Gasteiger charge is -2.45. The van der Waals surface area contributed by atoms with Gasteiger partial charge in [0.25, 0.3) is 0 Å². The third-order valence-electron chi connectivity index (χ3n) is 7.16. The number of carbonyl (C=O) groups excluding carboxylic acids is 1. The number of benzene rings is 2. The topological polar surface area (TPSA) is 82.7 Å². The first kappa shape index (κ1) is 31.3. The quantitative estimate of drug-likeness (QED) is 0.206. The van der Waals surface area contributed by atoms with Crippen molar-refractivity contribution in [1.82, 2.24) is 4.90 Å². The third-order valence-corrected chi connectivity index (χ3v) is 7.16. The number of carbonyl (C=O) groups is 1. The van der Waals surface area contributed by atoms with Gasteiger partial charge in [-0.1, -0.05) is 0 Å². The molecule has 1 aliphatic carbocycles. The highest BCUT2D eigenvalue weighted by Crippen LogP contribution is 2.50. The molecule has 4 rings (SSSR count). The Bertz CT molecular complexity index is 1320. The number of nitrogens with one attached hydrogen (secondary N) is 1. The summed E-state index contributed by atoms with van der Waals surface area (Å²) in [4.78, 5) is 15.3. The van der Waals surface area contributed by atoms with Gasteiger partial charge in [-0.05, 0) is 86.6 Å². The van der Waals surface area contributed by atoms with E-state index in [1.165, 1.54) is 4.90 Å². The molecule has 0 saturated heterocycles. The molecule has 0 spiro atoms. The molecule has 2 aliphatic rings. The van der Waals surface area contributed by atoms with Gasteiger partial charge in [0.2, 0.25) is 0 Å². The van der Waals surface area contributed by atoms with Crippen molar-refractivity contribution >= 4 is 17.7 Å². The van der Waals surface area contributed by atoms with Crippen molar-refractivity contribution in [3.8, 4) is 0 Å². The molecule has 0 radical (unpaired) electrons. The molecule has 3 N–H and O–H groups in total. The number of anilines is 1. The monoisotopic (exact) mass is 610 g/mol. The van der Waals surface area contributed by atoms with E-state index in [-0.39, 0.29) is 29.7 Å². The van der Waals surface area contributed by atoms with Gasteiger partial charge in [0.1, 0.15) is 0 Å². The van der Waals surface area contributed by atoms with Crippen molar-refractivity contribution in [3.05, 3.63) is 64.2 Å². The Kier molecular flexibility index (Phi) is 8.11. The summed E-state index contributed by atoms with van der Waals surface area (Å²) in [6, 6.07) is 1.66. The van der Waals surface area contributed by atoms with Crippen LogP contribution in [0, 0.1) is 11.3 Å². The van der Waals surface area contributed by atoms with Gasteiger partial charge in [-0.15, -0.1) is 0 Å².